The molecule has 0 rings (SSSR count). The first-order chi connectivity index (χ1) is 24.3. The summed E-state index contributed by atoms with van der Waals surface area (Å²) >= 11 is 0. The molecule has 0 aromatic carbocycles. The van der Waals surface area contributed by atoms with Gasteiger partial charge >= 0.3 is 27.1 Å². The number of rotatable bonds is 36. The molecule has 0 aromatic rings. The first kappa shape index (κ1) is 54.0. The van der Waals surface area contributed by atoms with Crippen LogP contribution in [0.25, 0.3) is 0 Å². The molecule has 0 radical (unpaired) electrons. The highest BCUT2D eigenvalue weighted by molar-refractivity contribution is 6.61. The van der Waals surface area contributed by atoms with Crippen LogP contribution in [0.3, 0.4) is 0 Å². The van der Waals surface area contributed by atoms with Crippen molar-refractivity contribution in [2.75, 3.05) is 112 Å². The number of ether oxygens (including phenoxy) is 4. The summed E-state index contributed by atoms with van der Waals surface area (Å²) in [6.45, 7) is 35.1. The summed E-state index contributed by atoms with van der Waals surface area (Å²) in [5, 5.41) is 0. The van der Waals surface area contributed by atoms with E-state index in [1.165, 1.54) is 0 Å². The van der Waals surface area contributed by atoms with Crippen LogP contribution in [0.5, 0.6) is 0 Å². The Hall–Kier alpha value is -0.389. The molecule has 0 bridgehead atoms. The van der Waals surface area contributed by atoms with E-state index in [4.69, 9.17) is 58.8 Å². The Balaban J connectivity index is -0.000000893. The lowest BCUT2D eigenvalue weighted by Crippen LogP contribution is -2.46. The molecule has 302 valence electrons. The van der Waals surface area contributed by atoms with Gasteiger partial charge in [-0.2, -0.15) is 0 Å². The van der Waals surface area contributed by atoms with Gasteiger partial charge in [-0.15, -0.1) is 13.2 Å². The molecule has 0 amide bonds. The van der Waals surface area contributed by atoms with Gasteiger partial charge in [0.15, 0.2) is 0 Å². The van der Waals surface area contributed by atoms with Gasteiger partial charge in [-0.05, 0) is 75.2 Å². The quantitative estimate of drug-likeness (QED) is 0.0415. The van der Waals surface area contributed by atoms with Crippen LogP contribution in [-0.4, -0.2) is 139 Å². The van der Waals surface area contributed by atoms with E-state index in [1.54, 1.807) is 12.2 Å². The van der Waals surface area contributed by atoms with Crippen molar-refractivity contribution < 1.29 is 58.8 Å². The largest absolute Gasteiger partial charge is 0.501 e. The Morgan fingerprint density at radius 3 is 0.920 bits per heavy atom. The fourth-order valence-corrected chi connectivity index (χ4v) is 10.4. The minimum atomic E-state index is -2.56. The SMILES string of the molecule is C=CCOCCOCC=C.CCO[SiH](OCC)OCC.CCO[Si](CCCOCCOCCC[Si](OCC)(OCC)OCC)(OCC)OCC. The summed E-state index contributed by atoms with van der Waals surface area (Å²) in [5.41, 5.74) is 0. The average molecular weight is 777 g/mol. The Bertz CT molecular complexity index is 590. The molecule has 0 aliphatic heterocycles. The molecular formula is C34H76O13Si3. The van der Waals surface area contributed by atoms with Gasteiger partial charge in [0.1, 0.15) is 0 Å². The van der Waals surface area contributed by atoms with E-state index < -0.39 is 27.1 Å². The van der Waals surface area contributed by atoms with Crippen LogP contribution in [0.1, 0.15) is 75.2 Å². The van der Waals surface area contributed by atoms with Crippen molar-refractivity contribution in [3.8, 4) is 0 Å². The maximum atomic E-state index is 5.85. The monoisotopic (exact) mass is 776 g/mol. The Kier molecular flexibility index (Phi) is 46.4. The van der Waals surface area contributed by atoms with Gasteiger partial charge < -0.3 is 58.8 Å². The summed E-state index contributed by atoms with van der Waals surface area (Å²) < 4.78 is 72.2. The molecule has 0 aliphatic rings. The molecule has 0 atom stereocenters. The molecule has 0 heterocycles. The van der Waals surface area contributed by atoms with Crippen LogP contribution in [0, 0.1) is 0 Å². The standard InChI is InChI=1S/C20H46O8Si2.C8H14O2.C6H16O3Si/c1-7-23-29(24-8-2,25-9-3)19-13-15-21-17-18-22-16-14-20-30(26-10-4,27-11-5)28-12-6;1-3-5-9-7-8-10-6-4-2;1-4-7-10(8-5-2)9-6-3/h7-20H2,1-6H3;3-4H,1-2,5-8H2;10H,4-6H2,1-3H3. The van der Waals surface area contributed by atoms with Gasteiger partial charge in [0, 0.05) is 84.8 Å². The fraction of sp³-hybridized carbons (Fsp3) is 0.882. The van der Waals surface area contributed by atoms with Crippen molar-refractivity contribution in [1.29, 1.82) is 0 Å². The van der Waals surface area contributed by atoms with Crippen molar-refractivity contribution in [2.45, 2.75) is 87.2 Å². The minimum Gasteiger partial charge on any atom is -0.379 e. The van der Waals surface area contributed by atoms with Crippen LogP contribution in [0.4, 0.5) is 0 Å². The molecule has 0 saturated carbocycles. The normalized spacial score (nSPS) is 11.6. The highest BCUT2D eigenvalue weighted by Crippen LogP contribution is 2.19. The molecule has 16 heteroatoms. The molecule has 0 spiro atoms. The lowest BCUT2D eigenvalue weighted by atomic mass is 10.5. The topological polar surface area (TPSA) is 120 Å². The van der Waals surface area contributed by atoms with Crippen molar-refractivity contribution in [2.24, 2.45) is 0 Å². The molecule has 13 nitrogen and oxygen atoms in total. The Labute approximate surface area is 310 Å². The van der Waals surface area contributed by atoms with E-state index in [1.807, 2.05) is 62.3 Å². The van der Waals surface area contributed by atoms with Gasteiger partial charge in [0.25, 0.3) is 0 Å². The third-order valence-electron chi connectivity index (χ3n) is 5.85. The third kappa shape index (κ3) is 34.7. The van der Waals surface area contributed by atoms with Crippen molar-refractivity contribution >= 4 is 27.1 Å². The Morgan fingerprint density at radius 1 is 0.400 bits per heavy atom. The molecule has 0 aromatic heterocycles. The molecule has 0 saturated heterocycles. The zero-order valence-electron chi connectivity index (χ0n) is 33.3. The van der Waals surface area contributed by atoms with E-state index in [0.29, 0.717) is 112 Å². The van der Waals surface area contributed by atoms with Crippen molar-refractivity contribution in [3.05, 3.63) is 25.3 Å². The van der Waals surface area contributed by atoms with Gasteiger partial charge in [-0.1, -0.05) is 12.2 Å². The van der Waals surface area contributed by atoms with Gasteiger partial charge in [-0.3, -0.25) is 0 Å². The average Bonchev–Trinajstić information content (AvgIpc) is 3.09. The summed E-state index contributed by atoms with van der Waals surface area (Å²) in [6, 6.07) is 1.53. The molecule has 0 fully saturated rings. The van der Waals surface area contributed by atoms with Crippen LogP contribution in [0.2, 0.25) is 12.1 Å². The van der Waals surface area contributed by atoms with Crippen LogP contribution >= 0.6 is 0 Å². The predicted molar refractivity (Wildman–Crippen MR) is 206 cm³/mol. The molecule has 50 heavy (non-hydrogen) atoms. The molecule has 0 unspecified atom stereocenters. The highest BCUT2D eigenvalue weighted by Gasteiger charge is 2.40. The van der Waals surface area contributed by atoms with Gasteiger partial charge in [0.05, 0.1) is 39.6 Å². The van der Waals surface area contributed by atoms with Crippen LogP contribution < -0.4 is 0 Å². The van der Waals surface area contributed by atoms with E-state index >= 15 is 0 Å². The Morgan fingerprint density at radius 2 is 0.680 bits per heavy atom. The second-order valence-corrected chi connectivity index (χ2v) is 16.8. The zero-order chi connectivity index (χ0) is 38.0. The first-order valence-electron chi connectivity index (χ1n) is 18.5. The highest BCUT2D eigenvalue weighted by atomic mass is 28.4. The minimum absolute atomic E-state index is 0.567. The van der Waals surface area contributed by atoms with Crippen LogP contribution in [-0.2, 0) is 58.8 Å². The van der Waals surface area contributed by atoms with E-state index in [2.05, 4.69) is 13.2 Å². The van der Waals surface area contributed by atoms with E-state index in [9.17, 15) is 0 Å². The summed E-state index contributed by atoms with van der Waals surface area (Å²) in [6.07, 6.45) is 5.12. The van der Waals surface area contributed by atoms with Crippen LogP contribution in [0.15, 0.2) is 25.3 Å². The summed E-state index contributed by atoms with van der Waals surface area (Å²) in [5.74, 6) is 0. The van der Waals surface area contributed by atoms with Gasteiger partial charge in [-0.25, -0.2) is 0 Å². The zero-order valence-corrected chi connectivity index (χ0v) is 36.5. The maximum absolute atomic E-state index is 5.85. The second-order valence-electron chi connectivity index (χ2n) is 9.78. The smallest absolute Gasteiger partial charge is 0.379 e. The maximum Gasteiger partial charge on any atom is 0.501 e. The molecular weight excluding hydrogens is 701 g/mol. The van der Waals surface area contributed by atoms with E-state index in [0.717, 1.165) is 24.9 Å². The van der Waals surface area contributed by atoms with Gasteiger partial charge in [0.2, 0.25) is 0 Å². The number of hydrogen-bond donors (Lipinski definition) is 0. The number of hydrogen-bond acceptors (Lipinski definition) is 13. The predicted octanol–water partition coefficient (Wildman–Crippen LogP) is 6.10. The lowest BCUT2D eigenvalue weighted by Gasteiger charge is -2.28. The lowest BCUT2D eigenvalue weighted by molar-refractivity contribution is 0.0383. The molecule has 0 N–H and O–H groups in total. The van der Waals surface area contributed by atoms with E-state index in [-0.39, 0.29) is 0 Å². The first-order valence-corrected chi connectivity index (χ1v) is 23.8. The summed E-state index contributed by atoms with van der Waals surface area (Å²) in [7, 11) is -6.86. The van der Waals surface area contributed by atoms with Crippen molar-refractivity contribution in [3.63, 3.8) is 0 Å². The second kappa shape index (κ2) is 43.0. The summed E-state index contributed by atoms with van der Waals surface area (Å²) in [4.78, 5) is 0. The molecule has 0 aliphatic carbocycles. The third-order valence-corrected chi connectivity index (χ3v) is 14.0. The van der Waals surface area contributed by atoms with Crippen molar-refractivity contribution in [1.82, 2.24) is 0 Å². The fourth-order valence-electron chi connectivity index (χ4n) is 4.11.